The number of aryl methyl sites for hydroxylation is 2. The average Bonchev–Trinajstić information content (AvgIpc) is 3.21. The summed E-state index contributed by atoms with van der Waals surface area (Å²) in [4.78, 5) is 28.4. The summed E-state index contributed by atoms with van der Waals surface area (Å²) in [5.74, 6) is -0.662. The molecule has 1 amide bonds. The Morgan fingerprint density at radius 3 is 2.73 bits per heavy atom. The molecule has 1 fully saturated rings. The number of rotatable bonds is 3. The van der Waals surface area contributed by atoms with Crippen molar-refractivity contribution in [3.05, 3.63) is 71.2 Å². The summed E-state index contributed by atoms with van der Waals surface area (Å²) in [6.07, 6.45) is 5.93. The molecule has 2 aliphatic heterocycles. The highest BCUT2D eigenvalue weighted by Gasteiger charge is 2.43. The van der Waals surface area contributed by atoms with Gasteiger partial charge in [0.2, 0.25) is 5.91 Å². The maximum absolute atomic E-state index is 14.2. The van der Waals surface area contributed by atoms with Gasteiger partial charge in [-0.2, -0.15) is 0 Å². The van der Waals surface area contributed by atoms with Gasteiger partial charge in [0.15, 0.2) is 5.82 Å². The largest absolute Gasteiger partial charge is 0.363 e. The lowest BCUT2D eigenvalue weighted by atomic mass is 9.86. The van der Waals surface area contributed by atoms with Crippen molar-refractivity contribution in [1.82, 2.24) is 19.9 Å². The normalized spacial score (nSPS) is 20.4. The standard InChI is InChI=1S/C25H25F2N5O/c1-15(19-5-4-18(26)13-21(19)27)24(33)32-11-8-25(14-32)7-6-17-12-20(16(2)30-22(17)31-25)23-28-9-3-10-29-23/h3-5,9-10,12-13,15H,6-8,11,14H2,1-2H3,(H,30,31)/t15?,25-/m0/s1. The van der Waals surface area contributed by atoms with E-state index in [1.54, 1.807) is 30.3 Å². The number of pyridine rings is 1. The van der Waals surface area contributed by atoms with Gasteiger partial charge in [0.25, 0.3) is 0 Å². The first-order chi connectivity index (χ1) is 15.8. The summed E-state index contributed by atoms with van der Waals surface area (Å²) >= 11 is 0. The van der Waals surface area contributed by atoms with Crippen LogP contribution in [0.3, 0.4) is 0 Å². The topological polar surface area (TPSA) is 71.0 Å². The molecular formula is C25H25F2N5O. The van der Waals surface area contributed by atoms with Gasteiger partial charge in [0, 0.05) is 42.7 Å². The van der Waals surface area contributed by atoms with E-state index >= 15 is 0 Å². The molecule has 4 heterocycles. The molecule has 0 bridgehead atoms. The Bertz CT molecular complexity index is 1220. The minimum atomic E-state index is -0.688. The van der Waals surface area contributed by atoms with Crippen molar-refractivity contribution in [2.75, 3.05) is 18.4 Å². The van der Waals surface area contributed by atoms with Gasteiger partial charge in [-0.3, -0.25) is 4.79 Å². The van der Waals surface area contributed by atoms with Crippen LogP contribution in [0, 0.1) is 18.6 Å². The van der Waals surface area contributed by atoms with Crippen molar-refractivity contribution in [2.24, 2.45) is 0 Å². The summed E-state index contributed by atoms with van der Waals surface area (Å²) < 4.78 is 27.5. The van der Waals surface area contributed by atoms with E-state index in [-0.39, 0.29) is 17.0 Å². The van der Waals surface area contributed by atoms with Crippen molar-refractivity contribution in [3.8, 4) is 11.4 Å². The molecule has 3 aromatic rings. The molecule has 0 radical (unpaired) electrons. The third kappa shape index (κ3) is 3.94. The van der Waals surface area contributed by atoms with E-state index in [4.69, 9.17) is 4.98 Å². The number of nitrogens with zero attached hydrogens (tertiary/aromatic N) is 4. The molecule has 1 saturated heterocycles. The number of anilines is 1. The molecule has 2 aromatic heterocycles. The monoisotopic (exact) mass is 449 g/mol. The number of carbonyl (C=O) groups is 1. The molecule has 5 rings (SSSR count). The number of amides is 1. The van der Waals surface area contributed by atoms with Crippen LogP contribution in [-0.2, 0) is 11.2 Å². The van der Waals surface area contributed by atoms with Crippen LogP contribution in [0.1, 0.15) is 42.5 Å². The Hall–Kier alpha value is -3.42. The van der Waals surface area contributed by atoms with Gasteiger partial charge in [-0.25, -0.2) is 23.7 Å². The maximum atomic E-state index is 14.2. The zero-order valence-electron chi connectivity index (χ0n) is 18.6. The zero-order chi connectivity index (χ0) is 23.2. The fourth-order valence-corrected chi connectivity index (χ4v) is 4.92. The molecular weight excluding hydrogens is 424 g/mol. The van der Waals surface area contributed by atoms with Crippen molar-refractivity contribution in [3.63, 3.8) is 0 Å². The molecule has 6 nitrogen and oxygen atoms in total. The molecule has 8 heteroatoms. The van der Waals surface area contributed by atoms with Gasteiger partial charge in [0.05, 0.1) is 17.2 Å². The molecule has 1 unspecified atom stereocenters. The molecule has 1 aromatic carbocycles. The Labute approximate surface area is 191 Å². The van der Waals surface area contributed by atoms with Crippen molar-refractivity contribution >= 4 is 11.7 Å². The van der Waals surface area contributed by atoms with Gasteiger partial charge in [-0.05, 0) is 56.9 Å². The van der Waals surface area contributed by atoms with Gasteiger partial charge < -0.3 is 10.2 Å². The van der Waals surface area contributed by atoms with Crippen LogP contribution in [0.15, 0.2) is 42.7 Å². The van der Waals surface area contributed by atoms with Gasteiger partial charge in [0.1, 0.15) is 17.5 Å². The summed E-state index contributed by atoms with van der Waals surface area (Å²) in [6, 6.07) is 7.26. The zero-order valence-corrected chi connectivity index (χ0v) is 18.6. The highest BCUT2D eigenvalue weighted by molar-refractivity contribution is 5.84. The second kappa shape index (κ2) is 8.17. The first-order valence-corrected chi connectivity index (χ1v) is 11.1. The Kier molecular flexibility index (Phi) is 5.31. The number of benzene rings is 1. The van der Waals surface area contributed by atoms with E-state index in [1.807, 2.05) is 6.92 Å². The molecule has 1 spiro atoms. The Morgan fingerprint density at radius 2 is 1.97 bits per heavy atom. The quantitative estimate of drug-likeness (QED) is 0.647. The predicted molar refractivity (Wildman–Crippen MR) is 121 cm³/mol. The van der Waals surface area contributed by atoms with E-state index in [0.717, 1.165) is 48.0 Å². The number of halogens is 2. The second-order valence-electron chi connectivity index (χ2n) is 9.00. The lowest BCUT2D eigenvalue weighted by Crippen LogP contribution is -2.46. The van der Waals surface area contributed by atoms with Crippen molar-refractivity contribution in [2.45, 2.75) is 44.6 Å². The molecule has 33 heavy (non-hydrogen) atoms. The summed E-state index contributed by atoms with van der Waals surface area (Å²) in [6.45, 7) is 4.73. The maximum Gasteiger partial charge on any atom is 0.230 e. The highest BCUT2D eigenvalue weighted by Crippen LogP contribution is 2.38. The third-order valence-electron chi connectivity index (χ3n) is 6.82. The number of hydrogen-bond donors (Lipinski definition) is 1. The van der Waals surface area contributed by atoms with Crippen molar-refractivity contribution < 1.29 is 13.6 Å². The minimum absolute atomic E-state index is 0.148. The molecule has 0 aliphatic carbocycles. The second-order valence-corrected chi connectivity index (χ2v) is 9.00. The molecule has 0 saturated carbocycles. The highest BCUT2D eigenvalue weighted by atomic mass is 19.1. The van der Waals surface area contributed by atoms with Crippen LogP contribution in [0.4, 0.5) is 14.6 Å². The lowest BCUT2D eigenvalue weighted by Gasteiger charge is -2.36. The number of likely N-dealkylation sites (tertiary alicyclic amines) is 1. The van der Waals surface area contributed by atoms with Crippen LogP contribution in [-0.4, -0.2) is 44.4 Å². The number of fused-ring (bicyclic) bond motifs is 1. The summed E-state index contributed by atoms with van der Waals surface area (Å²) in [7, 11) is 0. The SMILES string of the molecule is Cc1nc2c(cc1-c1ncccn1)CC[C@@]1(CCN(C(=O)C(C)c3ccc(F)cc3F)C1)N2. The number of hydrogen-bond acceptors (Lipinski definition) is 5. The molecule has 2 atom stereocenters. The van der Waals surface area contributed by atoms with Gasteiger partial charge in [-0.1, -0.05) is 6.07 Å². The van der Waals surface area contributed by atoms with E-state index in [0.29, 0.717) is 18.9 Å². The van der Waals surface area contributed by atoms with Crippen LogP contribution in [0.2, 0.25) is 0 Å². The van der Waals surface area contributed by atoms with Crippen LogP contribution < -0.4 is 5.32 Å². The van der Waals surface area contributed by atoms with E-state index in [9.17, 15) is 13.6 Å². The van der Waals surface area contributed by atoms with Crippen LogP contribution >= 0.6 is 0 Å². The first-order valence-electron chi connectivity index (χ1n) is 11.1. The number of carbonyl (C=O) groups excluding carboxylic acids is 1. The van der Waals surface area contributed by atoms with E-state index < -0.39 is 17.6 Å². The lowest BCUT2D eigenvalue weighted by molar-refractivity contribution is -0.131. The average molecular weight is 450 g/mol. The molecule has 1 N–H and O–H groups in total. The first kappa shape index (κ1) is 21.4. The Balaban J connectivity index is 1.33. The van der Waals surface area contributed by atoms with Crippen LogP contribution in [0.5, 0.6) is 0 Å². The fourth-order valence-electron chi connectivity index (χ4n) is 4.92. The summed E-state index contributed by atoms with van der Waals surface area (Å²) in [5, 5.41) is 3.60. The Morgan fingerprint density at radius 1 is 1.18 bits per heavy atom. The minimum Gasteiger partial charge on any atom is -0.363 e. The smallest absolute Gasteiger partial charge is 0.230 e. The van der Waals surface area contributed by atoms with Crippen LogP contribution in [0.25, 0.3) is 11.4 Å². The summed E-state index contributed by atoms with van der Waals surface area (Å²) in [5.41, 5.74) is 2.84. The molecule has 2 aliphatic rings. The van der Waals surface area contributed by atoms with Gasteiger partial charge in [-0.15, -0.1) is 0 Å². The van der Waals surface area contributed by atoms with E-state index in [2.05, 4.69) is 21.4 Å². The van der Waals surface area contributed by atoms with E-state index in [1.165, 1.54) is 12.1 Å². The fraction of sp³-hybridized carbons (Fsp3) is 0.360. The molecule has 170 valence electrons. The van der Waals surface area contributed by atoms with Gasteiger partial charge >= 0.3 is 0 Å². The van der Waals surface area contributed by atoms with Crippen molar-refractivity contribution in [1.29, 1.82) is 0 Å². The predicted octanol–water partition coefficient (Wildman–Crippen LogP) is 4.26. The third-order valence-corrected chi connectivity index (χ3v) is 6.82. The number of nitrogens with one attached hydrogen (secondary N) is 1. The number of aromatic nitrogens is 3.